The normalized spacial score (nSPS) is 20.5. The van der Waals surface area contributed by atoms with E-state index in [-0.39, 0.29) is 0 Å². The minimum absolute atomic E-state index is 0.568. The van der Waals surface area contributed by atoms with E-state index in [0.29, 0.717) is 5.92 Å². The van der Waals surface area contributed by atoms with Gasteiger partial charge in [-0.1, -0.05) is 17.7 Å². The Bertz CT molecular complexity index is 585. The third-order valence-electron chi connectivity index (χ3n) is 3.84. The molecular formula is C14H16BrClN2. The topological polar surface area (TPSA) is 27.8 Å². The second-order valence-electron chi connectivity index (χ2n) is 4.99. The van der Waals surface area contributed by atoms with Crippen LogP contribution in [-0.2, 0) is 0 Å². The molecule has 0 aliphatic carbocycles. The van der Waals surface area contributed by atoms with Crippen molar-refractivity contribution in [2.75, 3.05) is 13.1 Å². The number of hydrogen-bond donors (Lipinski definition) is 2. The summed E-state index contributed by atoms with van der Waals surface area (Å²) < 4.78 is 1.20. The van der Waals surface area contributed by atoms with Gasteiger partial charge in [0.2, 0.25) is 0 Å². The summed E-state index contributed by atoms with van der Waals surface area (Å²) >= 11 is 9.93. The first-order valence-corrected chi connectivity index (χ1v) is 7.52. The molecule has 1 aliphatic rings. The quantitative estimate of drug-likeness (QED) is 0.800. The number of fused-ring (bicyclic) bond motifs is 1. The Morgan fingerprint density at radius 3 is 2.94 bits per heavy atom. The van der Waals surface area contributed by atoms with E-state index in [0.717, 1.165) is 29.2 Å². The lowest BCUT2D eigenvalue weighted by molar-refractivity contribution is 0.455. The molecule has 0 amide bonds. The van der Waals surface area contributed by atoms with Crippen molar-refractivity contribution in [3.8, 4) is 0 Å². The summed E-state index contributed by atoms with van der Waals surface area (Å²) in [5, 5.41) is 5.52. The van der Waals surface area contributed by atoms with Crippen molar-refractivity contribution in [2.24, 2.45) is 0 Å². The molecule has 0 spiro atoms. The number of nitrogens with one attached hydrogen (secondary N) is 2. The molecule has 2 heterocycles. The van der Waals surface area contributed by atoms with E-state index in [9.17, 15) is 0 Å². The predicted molar refractivity (Wildman–Crippen MR) is 80.6 cm³/mol. The predicted octanol–water partition coefficient (Wildman–Crippen LogP) is 4.36. The molecule has 18 heavy (non-hydrogen) atoms. The van der Waals surface area contributed by atoms with Crippen LogP contribution in [0.15, 0.2) is 16.6 Å². The molecule has 1 unspecified atom stereocenters. The molecule has 2 nitrogen and oxygen atoms in total. The lowest BCUT2D eigenvalue weighted by Gasteiger charge is -2.22. The van der Waals surface area contributed by atoms with E-state index in [2.05, 4.69) is 39.2 Å². The van der Waals surface area contributed by atoms with Crippen molar-refractivity contribution in [1.82, 2.24) is 10.3 Å². The Hall–Kier alpha value is -0.510. The van der Waals surface area contributed by atoms with Gasteiger partial charge in [0.1, 0.15) is 0 Å². The second kappa shape index (κ2) is 4.87. The molecule has 0 saturated carbocycles. The number of hydrogen-bond acceptors (Lipinski definition) is 1. The SMILES string of the molecule is Cc1c(Cl)ccc2c(Br)c(C3CCCNC3)[nH]c12. The summed E-state index contributed by atoms with van der Waals surface area (Å²) in [6.45, 7) is 4.26. The third kappa shape index (κ3) is 1.98. The van der Waals surface area contributed by atoms with Gasteiger partial charge in [0.05, 0.1) is 5.52 Å². The maximum Gasteiger partial charge on any atom is 0.0512 e. The highest BCUT2D eigenvalue weighted by molar-refractivity contribution is 9.10. The number of H-pyrrole nitrogens is 1. The number of aromatic amines is 1. The molecule has 1 aliphatic heterocycles. The second-order valence-corrected chi connectivity index (χ2v) is 6.19. The lowest BCUT2D eigenvalue weighted by Crippen LogP contribution is -2.28. The molecule has 1 saturated heterocycles. The first-order chi connectivity index (χ1) is 8.68. The van der Waals surface area contributed by atoms with Crippen molar-refractivity contribution in [2.45, 2.75) is 25.7 Å². The fourth-order valence-corrected chi connectivity index (χ4v) is 3.66. The Morgan fingerprint density at radius 2 is 2.22 bits per heavy atom. The van der Waals surface area contributed by atoms with E-state index in [4.69, 9.17) is 11.6 Å². The molecule has 1 aromatic carbocycles. The number of piperidine rings is 1. The van der Waals surface area contributed by atoms with Gasteiger partial charge in [0, 0.05) is 33.0 Å². The molecule has 4 heteroatoms. The van der Waals surface area contributed by atoms with Crippen molar-refractivity contribution < 1.29 is 0 Å². The van der Waals surface area contributed by atoms with Gasteiger partial charge in [-0.3, -0.25) is 0 Å². The zero-order valence-electron chi connectivity index (χ0n) is 10.3. The maximum absolute atomic E-state index is 6.19. The number of benzene rings is 1. The van der Waals surface area contributed by atoms with E-state index >= 15 is 0 Å². The number of aromatic nitrogens is 1. The van der Waals surface area contributed by atoms with Gasteiger partial charge in [0.25, 0.3) is 0 Å². The van der Waals surface area contributed by atoms with Crippen LogP contribution in [0.25, 0.3) is 10.9 Å². The minimum Gasteiger partial charge on any atom is -0.357 e. The van der Waals surface area contributed by atoms with E-state index in [1.54, 1.807) is 0 Å². The van der Waals surface area contributed by atoms with Crippen LogP contribution in [-0.4, -0.2) is 18.1 Å². The Kier molecular flexibility index (Phi) is 3.39. The summed E-state index contributed by atoms with van der Waals surface area (Å²) in [6, 6.07) is 4.06. The van der Waals surface area contributed by atoms with E-state index in [1.807, 2.05) is 6.07 Å². The smallest absolute Gasteiger partial charge is 0.0512 e. The molecule has 2 N–H and O–H groups in total. The monoisotopic (exact) mass is 326 g/mol. The highest BCUT2D eigenvalue weighted by Gasteiger charge is 2.21. The first kappa shape index (κ1) is 12.5. The summed E-state index contributed by atoms with van der Waals surface area (Å²) in [7, 11) is 0. The van der Waals surface area contributed by atoms with Crippen LogP contribution >= 0.6 is 27.5 Å². The van der Waals surface area contributed by atoms with Gasteiger partial charge in [-0.25, -0.2) is 0 Å². The van der Waals surface area contributed by atoms with Crippen LogP contribution in [0.3, 0.4) is 0 Å². The molecule has 2 aromatic rings. The van der Waals surface area contributed by atoms with Gasteiger partial charge in [-0.15, -0.1) is 0 Å². The van der Waals surface area contributed by atoms with Crippen LogP contribution in [0.5, 0.6) is 0 Å². The Balaban J connectivity index is 2.13. The van der Waals surface area contributed by atoms with Crippen LogP contribution in [0.4, 0.5) is 0 Å². The van der Waals surface area contributed by atoms with Gasteiger partial charge in [0.15, 0.2) is 0 Å². The van der Waals surface area contributed by atoms with Gasteiger partial charge in [-0.05, 0) is 53.9 Å². The molecular weight excluding hydrogens is 312 g/mol. The average molecular weight is 328 g/mol. The Morgan fingerprint density at radius 1 is 1.39 bits per heavy atom. The highest BCUT2D eigenvalue weighted by atomic mass is 79.9. The molecule has 0 bridgehead atoms. The molecule has 1 atom stereocenters. The number of aryl methyl sites for hydroxylation is 1. The van der Waals surface area contributed by atoms with Crippen LogP contribution < -0.4 is 5.32 Å². The number of halogens is 2. The lowest BCUT2D eigenvalue weighted by atomic mass is 9.96. The van der Waals surface area contributed by atoms with Crippen molar-refractivity contribution in [3.05, 3.63) is 32.9 Å². The average Bonchev–Trinajstić information content (AvgIpc) is 2.73. The van der Waals surface area contributed by atoms with Gasteiger partial charge >= 0.3 is 0 Å². The number of rotatable bonds is 1. The standard InChI is InChI=1S/C14H16BrClN2/c1-8-11(16)5-4-10-12(15)14(18-13(8)10)9-3-2-6-17-7-9/h4-5,9,17-18H,2-3,6-7H2,1H3. The largest absolute Gasteiger partial charge is 0.357 e. The summed E-state index contributed by atoms with van der Waals surface area (Å²) in [6.07, 6.45) is 2.48. The van der Waals surface area contributed by atoms with Crippen LogP contribution in [0, 0.1) is 6.92 Å². The Labute approximate surface area is 120 Å². The molecule has 3 rings (SSSR count). The fourth-order valence-electron chi connectivity index (χ4n) is 2.74. The van der Waals surface area contributed by atoms with Gasteiger partial charge in [-0.2, -0.15) is 0 Å². The maximum atomic E-state index is 6.19. The van der Waals surface area contributed by atoms with Crippen LogP contribution in [0.1, 0.15) is 30.0 Å². The summed E-state index contributed by atoms with van der Waals surface area (Å²) in [5.74, 6) is 0.568. The van der Waals surface area contributed by atoms with E-state index < -0.39 is 0 Å². The van der Waals surface area contributed by atoms with Crippen molar-refractivity contribution in [3.63, 3.8) is 0 Å². The molecule has 0 radical (unpaired) electrons. The summed E-state index contributed by atoms with van der Waals surface area (Å²) in [4.78, 5) is 3.57. The molecule has 1 aromatic heterocycles. The minimum atomic E-state index is 0.568. The zero-order valence-corrected chi connectivity index (χ0v) is 12.7. The summed E-state index contributed by atoms with van der Waals surface area (Å²) in [5.41, 5.74) is 3.60. The third-order valence-corrected chi connectivity index (χ3v) is 5.10. The van der Waals surface area contributed by atoms with Crippen LogP contribution in [0.2, 0.25) is 5.02 Å². The highest BCUT2D eigenvalue weighted by Crippen LogP contribution is 2.37. The van der Waals surface area contributed by atoms with E-state index in [1.165, 1.54) is 28.4 Å². The van der Waals surface area contributed by atoms with Crippen molar-refractivity contribution >= 4 is 38.4 Å². The van der Waals surface area contributed by atoms with Gasteiger partial charge < -0.3 is 10.3 Å². The fraction of sp³-hybridized carbons (Fsp3) is 0.429. The molecule has 96 valence electrons. The van der Waals surface area contributed by atoms with Crippen molar-refractivity contribution in [1.29, 1.82) is 0 Å². The first-order valence-electron chi connectivity index (χ1n) is 6.35. The molecule has 1 fully saturated rings. The zero-order chi connectivity index (χ0) is 12.7.